The van der Waals surface area contributed by atoms with Gasteiger partial charge in [0, 0.05) is 45.7 Å². The summed E-state index contributed by atoms with van der Waals surface area (Å²) < 4.78 is 9.25. The number of rotatable bonds is 7. The molecule has 0 saturated carbocycles. The number of aromatic nitrogens is 2. The fourth-order valence-electron chi connectivity index (χ4n) is 9.87. The second-order valence-electron chi connectivity index (χ2n) is 25.3. The van der Waals surface area contributed by atoms with Crippen LogP contribution in [0.1, 0.15) is 157 Å². The van der Waals surface area contributed by atoms with Gasteiger partial charge in [0.2, 0.25) is 0 Å². The summed E-state index contributed by atoms with van der Waals surface area (Å²) in [4.78, 5) is 9.66. The van der Waals surface area contributed by atoms with Crippen molar-refractivity contribution in [3.63, 3.8) is 0 Å². The molecule has 0 bridgehead atoms. The minimum atomic E-state index is -0.204. The molecule has 0 spiro atoms. The van der Waals surface area contributed by atoms with E-state index >= 15 is 0 Å². The molecular weight excluding hydrogens is 1060 g/mol. The van der Waals surface area contributed by atoms with Gasteiger partial charge in [-0.15, -0.1) is 53.6 Å². The Bertz CT molecular complexity index is 3270. The molecule has 0 unspecified atom stereocenters. The third-order valence-electron chi connectivity index (χ3n) is 14.4. The molecule has 0 atom stereocenters. The summed E-state index contributed by atoms with van der Waals surface area (Å²) in [6.45, 7) is 41.2. The van der Waals surface area contributed by atoms with Crippen molar-refractivity contribution in [3.05, 3.63) is 193 Å². The molecule has 0 N–H and O–H groups in total. The maximum absolute atomic E-state index is 7.00. The Labute approximate surface area is 447 Å². The molecule has 2 aromatic heterocycles. The van der Waals surface area contributed by atoms with Gasteiger partial charge in [-0.3, -0.25) is 0 Å². The number of nitrogens with zero attached hydrogens (tertiary/aromatic N) is 4. The molecule has 0 amide bonds. The van der Waals surface area contributed by atoms with Gasteiger partial charge in [-0.05, 0) is 108 Å². The van der Waals surface area contributed by atoms with Crippen molar-refractivity contribution in [2.45, 2.75) is 150 Å². The van der Waals surface area contributed by atoms with Crippen LogP contribution in [0.5, 0.6) is 11.5 Å². The Morgan fingerprint density at radius 3 is 1.68 bits per heavy atom. The molecule has 1 aliphatic rings. The van der Waals surface area contributed by atoms with Crippen LogP contribution in [0.2, 0.25) is 0 Å². The van der Waals surface area contributed by atoms with E-state index in [9.17, 15) is 0 Å². The van der Waals surface area contributed by atoms with Gasteiger partial charge in [0.25, 0.3) is 0 Å². The Hall–Kier alpha value is -5.64. The molecule has 376 valence electrons. The SMILES string of the molecule is CC(C)(C)c1cc(Oc2[c-]c3c(cc2)c2cc(C(C)(C)C)ccc2n3-c2cc(C(C)(C)C)ccn2)[c-]c(N2[CH-]N(c3cccc(C(C)(C)c4ccccc4)c3)c3cc(C(C)(C)C)c(C(C)(C)C)cc32)c1.[CH3-].[Pt+4]. The Kier molecular flexibility index (Phi) is 14.3. The first-order valence-electron chi connectivity index (χ1n) is 25.1. The van der Waals surface area contributed by atoms with E-state index in [4.69, 9.17) is 9.72 Å². The number of hydrogen-bond donors (Lipinski definition) is 0. The van der Waals surface area contributed by atoms with Crippen LogP contribution < -0.4 is 14.5 Å². The summed E-state index contributed by atoms with van der Waals surface area (Å²) >= 11 is 0. The largest absolute Gasteiger partial charge is 4.00 e. The number of ether oxygens (including phenoxy) is 1. The van der Waals surface area contributed by atoms with E-state index in [-0.39, 0.29) is 61.0 Å². The number of anilines is 4. The van der Waals surface area contributed by atoms with E-state index in [2.05, 4.69) is 272 Å². The zero-order chi connectivity index (χ0) is 50.5. The van der Waals surface area contributed by atoms with Crippen LogP contribution in [0.15, 0.2) is 128 Å². The second-order valence-corrected chi connectivity index (χ2v) is 25.3. The predicted molar refractivity (Wildman–Crippen MR) is 303 cm³/mol. The summed E-state index contributed by atoms with van der Waals surface area (Å²) in [5.41, 5.74) is 14.5. The smallest absolute Gasteiger partial charge is 0.509 e. The van der Waals surface area contributed by atoms with Crippen LogP contribution in [-0.2, 0) is 53.6 Å². The first kappa shape index (κ1) is 54.1. The average molecular weight is 1140 g/mol. The van der Waals surface area contributed by atoms with Crippen molar-refractivity contribution in [2.24, 2.45) is 0 Å². The maximum Gasteiger partial charge on any atom is 4.00 e. The van der Waals surface area contributed by atoms with Gasteiger partial charge in [0.15, 0.2) is 0 Å². The van der Waals surface area contributed by atoms with E-state index < -0.39 is 0 Å². The van der Waals surface area contributed by atoms with Crippen LogP contribution >= 0.6 is 0 Å². The fourth-order valence-corrected chi connectivity index (χ4v) is 9.87. The average Bonchev–Trinajstić information content (AvgIpc) is 3.83. The van der Waals surface area contributed by atoms with Gasteiger partial charge < -0.3 is 26.5 Å². The first-order valence-corrected chi connectivity index (χ1v) is 25.1. The van der Waals surface area contributed by atoms with E-state index in [1.165, 1.54) is 38.8 Å². The summed E-state index contributed by atoms with van der Waals surface area (Å²) in [6.07, 6.45) is 1.93. The molecule has 0 fully saturated rings. The van der Waals surface area contributed by atoms with Crippen molar-refractivity contribution in [1.82, 2.24) is 9.55 Å². The molecule has 8 aromatic rings. The molecule has 6 heteroatoms. The molecule has 1 aliphatic heterocycles. The third-order valence-corrected chi connectivity index (χ3v) is 14.4. The zero-order valence-corrected chi connectivity index (χ0v) is 48.5. The molecule has 72 heavy (non-hydrogen) atoms. The maximum atomic E-state index is 7.00. The summed E-state index contributed by atoms with van der Waals surface area (Å²) in [7, 11) is 0. The number of benzene rings is 6. The number of fused-ring (bicyclic) bond motifs is 4. The Balaban J connectivity index is 0.00000380. The standard InChI is InChI=1S/C65H73N4O.CH3.Pt/c1-60(2,3)43-26-29-55-52(35-43)51-28-27-49(38-56(51)69(55)59-36-44(30-31-66-59)61(4,5)6)70-50-34-46(62(7,8)9)33-48(37-50)68-41-67(57-39-53(63(10,11)12)54(40-58(57)68)64(13,14)15)47-25-21-24-45(32-47)65(16,17)42-22-19-18-20-23-42;;/h18-36,39-41H,1-17H3;1H3;/q-3;-1;+4. The quantitative estimate of drug-likeness (QED) is 0.149. The molecular formula is C66H76N4OPt. The molecule has 0 saturated heterocycles. The van der Waals surface area contributed by atoms with Gasteiger partial charge in [-0.1, -0.05) is 178 Å². The molecule has 0 radical (unpaired) electrons. The van der Waals surface area contributed by atoms with E-state index in [1.807, 2.05) is 6.20 Å². The fraction of sp³-hybridized carbons (Fsp3) is 0.348. The zero-order valence-electron chi connectivity index (χ0n) is 46.2. The Morgan fingerprint density at radius 1 is 0.472 bits per heavy atom. The third kappa shape index (κ3) is 10.3. The first-order chi connectivity index (χ1) is 32.6. The van der Waals surface area contributed by atoms with Crippen LogP contribution in [0, 0.1) is 26.2 Å². The van der Waals surface area contributed by atoms with Crippen molar-refractivity contribution < 1.29 is 25.8 Å². The van der Waals surface area contributed by atoms with Crippen molar-refractivity contribution >= 4 is 44.6 Å². The summed E-state index contributed by atoms with van der Waals surface area (Å²) in [5.74, 6) is 2.10. The monoisotopic (exact) mass is 1140 g/mol. The van der Waals surface area contributed by atoms with Gasteiger partial charge in [-0.25, -0.2) is 4.98 Å². The van der Waals surface area contributed by atoms with Crippen LogP contribution in [0.3, 0.4) is 0 Å². The second kappa shape index (κ2) is 19.0. The normalized spacial score (nSPS) is 13.6. The molecule has 0 aliphatic carbocycles. The molecule has 6 aromatic carbocycles. The number of pyridine rings is 1. The van der Waals surface area contributed by atoms with E-state index in [0.29, 0.717) is 11.5 Å². The minimum Gasteiger partial charge on any atom is -0.509 e. The van der Waals surface area contributed by atoms with Gasteiger partial charge in [-0.2, -0.15) is 6.07 Å². The van der Waals surface area contributed by atoms with E-state index in [0.717, 1.165) is 50.6 Å². The van der Waals surface area contributed by atoms with Crippen LogP contribution in [0.4, 0.5) is 22.7 Å². The summed E-state index contributed by atoms with van der Waals surface area (Å²) in [5, 5.41) is 2.27. The van der Waals surface area contributed by atoms with Crippen molar-refractivity contribution in [3.8, 4) is 17.3 Å². The van der Waals surface area contributed by atoms with Gasteiger partial charge in [0.1, 0.15) is 5.82 Å². The summed E-state index contributed by atoms with van der Waals surface area (Å²) in [6, 6.07) is 52.1. The number of hydrogen-bond acceptors (Lipinski definition) is 4. The van der Waals surface area contributed by atoms with Crippen molar-refractivity contribution in [1.29, 1.82) is 0 Å². The molecule has 3 heterocycles. The predicted octanol–water partition coefficient (Wildman–Crippen LogP) is 18.2. The molecule has 9 rings (SSSR count). The van der Waals surface area contributed by atoms with Gasteiger partial charge >= 0.3 is 21.1 Å². The Morgan fingerprint density at radius 2 is 1.07 bits per heavy atom. The van der Waals surface area contributed by atoms with E-state index in [1.54, 1.807) is 0 Å². The van der Waals surface area contributed by atoms with Crippen LogP contribution in [-0.4, -0.2) is 9.55 Å². The van der Waals surface area contributed by atoms with Crippen molar-refractivity contribution in [2.75, 3.05) is 9.80 Å². The minimum absolute atomic E-state index is 0. The van der Waals surface area contributed by atoms with Gasteiger partial charge in [0.05, 0.1) is 0 Å². The molecule has 5 nitrogen and oxygen atoms in total. The van der Waals surface area contributed by atoms with Crippen LogP contribution in [0.25, 0.3) is 27.6 Å². The topological polar surface area (TPSA) is 33.5 Å².